The van der Waals surface area contributed by atoms with Gasteiger partial charge in [0.1, 0.15) is 0 Å². The Kier molecular flexibility index (Phi) is 6.38. The molecule has 0 aromatic heterocycles. The maximum Gasteiger partial charge on any atom is 0.460 e. The lowest BCUT2D eigenvalue weighted by Crippen LogP contribution is -2.50. The maximum absolute atomic E-state index is 13.6. The van der Waals surface area contributed by atoms with E-state index in [-0.39, 0.29) is 35.6 Å². The summed E-state index contributed by atoms with van der Waals surface area (Å²) in [5.41, 5.74) is -3.91. The van der Waals surface area contributed by atoms with Crippen molar-refractivity contribution in [2.45, 2.75) is 36.0 Å². The predicted octanol–water partition coefficient (Wildman–Crippen LogP) is 8.01. The number of hydrogen-bond donors (Lipinski definition) is 1. The zero-order chi connectivity index (χ0) is 25.7. The predicted molar refractivity (Wildman–Crippen MR) is 86.0 cm³/mol. The molecule has 0 unspecified atom stereocenters. The average molecular weight is 505 g/mol. The van der Waals surface area contributed by atoms with Crippen molar-refractivity contribution < 1.29 is 61.5 Å². The lowest BCUT2D eigenvalue weighted by atomic mass is 10.0. The van der Waals surface area contributed by atoms with Gasteiger partial charge in [-0.15, -0.1) is 0 Å². The van der Waals surface area contributed by atoms with Crippen molar-refractivity contribution in [1.82, 2.24) is 0 Å². The molecule has 1 N–H and O–H groups in total. The van der Waals surface area contributed by atoms with Gasteiger partial charge in [0, 0.05) is 22.5 Å². The summed E-state index contributed by atoms with van der Waals surface area (Å²) in [5, 5.41) is 2.29. The lowest BCUT2D eigenvalue weighted by molar-refractivity contribution is -0.359. The fraction of sp³-hybridized carbons (Fsp3) is 0.333. The molecule has 15 heteroatoms. The highest BCUT2D eigenvalue weighted by molar-refractivity contribution is 5.60. The van der Waals surface area contributed by atoms with Gasteiger partial charge in [-0.25, -0.2) is 0 Å². The van der Waals surface area contributed by atoms with Crippen LogP contribution in [0.15, 0.2) is 48.5 Å². The second kappa shape index (κ2) is 7.94. The zero-order valence-corrected chi connectivity index (χ0v) is 15.4. The molecular formula is C18H9F14N. The molecule has 1 nitrogen and oxygen atoms in total. The Morgan fingerprint density at radius 1 is 0.394 bits per heavy atom. The highest BCUT2D eigenvalue weighted by atomic mass is 19.4. The minimum atomic E-state index is -6.56. The first kappa shape index (κ1) is 26.5. The van der Waals surface area contributed by atoms with E-state index >= 15 is 0 Å². The largest absolute Gasteiger partial charge is 0.460 e. The van der Waals surface area contributed by atoms with E-state index in [9.17, 15) is 61.5 Å². The van der Waals surface area contributed by atoms with Gasteiger partial charge in [-0.2, -0.15) is 61.5 Å². The van der Waals surface area contributed by atoms with E-state index in [0.717, 1.165) is 0 Å². The van der Waals surface area contributed by atoms with E-state index in [2.05, 4.69) is 5.32 Å². The summed E-state index contributed by atoms with van der Waals surface area (Å²) in [6.45, 7) is 0. The van der Waals surface area contributed by atoms with Crippen LogP contribution in [-0.2, 0) is 11.8 Å². The molecule has 2 aromatic carbocycles. The van der Waals surface area contributed by atoms with E-state index in [1.165, 1.54) is 0 Å². The molecule has 2 rings (SSSR count). The number of rotatable bonds is 6. The van der Waals surface area contributed by atoms with Crippen LogP contribution in [0.1, 0.15) is 11.1 Å². The molecule has 0 saturated carbocycles. The highest BCUT2D eigenvalue weighted by Gasteiger charge is 2.74. The number of benzene rings is 2. The standard InChI is InChI=1S/C18H9F14N/c19-13(20,15(23,24)17(27,28)29)9-1-5-11(6-2-9)33-12-7-3-10(4-8-12)14(21,22)16(25,26)18(30,31)32/h1-8,33H. The quantitative estimate of drug-likeness (QED) is 0.393. The van der Waals surface area contributed by atoms with Crippen molar-refractivity contribution >= 4 is 11.4 Å². The Labute approximate surface area is 175 Å². The van der Waals surface area contributed by atoms with Crippen LogP contribution in [0.5, 0.6) is 0 Å². The Balaban J connectivity index is 2.24. The summed E-state index contributed by atoms with van der Waals surface area (Å²) >= 11 is 0. The monoisotopic (exact) mass is 505 g/mol. The van der Waals surface area contributed by atoms with Crippen molar-refractivity contribution in [3.05, 3.63) is 59.7 Å². The normalized spacial score (nSPS) is 14.4. The number of hydrogen-bond acceptors (Lipinski definition) is 1. The van der Waals surface area contributed by atoms with Crippen LogP contribution in [-0.4, -0.2) is 24.2 Å². The number of alkyl halides is 14. The van der Waals surface area contributed by atoms with Gasteiger partial charge in [-0.3, -0.25) is 0 Å². The summed E-state index contributed by atoms with van der Waals surface area (Å²) in [6.07, 6.45) is -13.1. The van der Waals surface area contributed by atoms with Gasteiger partial charge in [0.25, 0.3) is 0 Å². The van der Waals surface area contributed by atoms with Crippen LogP contribution in [0.4, 0.5) is 72.8 Å². The fourth-order valence-corrected chi connectivity index (χ4v) is 2.41. The molecule has 0 fully saturated rings. The summed E-state index contributed by atoms with van der Waals surface area (Å²) < 4.78 is 180. The number of nitrogens with one attached hydrogen (secondary N) is 1. The van der Waals surface area contributed by atoms with Gasteiger partial charge in [-0.05, 0) is 24.3 Å². The van der Waals surface area contributed by atoms with Crippen molar-refractivity contribution in [3.63, 3.8) is 0 Å². The van der Waals surface area contributed by atoms with Crippen LogP contribution in [0, 0.1) is 0 Å². The SMILES string of the molecule is FC(F)(F)C(F)(F)C(F)(F)c1ccc(Nc2ccc(C(F)(F)C(F)(F)C(F)(F)F)cc2)cc1. The minimum absolute atomic E-state index is 0.217. The summed E-state index contributed by atoms with van der Waals surface area (Å²) in [5.74, 6) is -24.1. The molecule has 33 heavy (non-hydrogen) atoms. The van der Waals surface area contributed by atoms with Gasteiger partial charge < -0.3 is 5.32 Å². The molecule has 0 aliphatic carbocycles. The summed E-state index contributed by atoms with van der Waals surface area (Å²) in [6, 6.07) is 3.35. The molecule has 0 aliphatic rings. The van der Waals surface area contributed by atoms with Gasteiger partial charge in [0.05, 0.1) is 0 Å². The number of halogens is 14. The van der Waals surface area contributed by atoms with E-state index in [0.29, 0.717) is 24.3 Å². The van der Waals surface area contributed by atoms with Crippen LogP contribution in [0.3, 0.4) is 0 Å². The molecule has 184 valence electrons. The third-order valence-electron chi connectivity index (χ3n) is 4.28. The fourth-order valence-electron chi connectivity index (χ4n) is 2.41. The van der Waals surface area contributed by atoms with Gasteiger partial charge in [0.15, 0.2) is 0 Å². The molecular weight excluding hydrogens is 496 g/mol. The van der Waals surface area contributed by atoms with E-state index in [1.807, 2.05) is 0 Å². The summed E-state index contributed by atoms with van der Waals surface area (Å²) in [4.78, 5) is 0. The Bertz CT molecular complexity index is 876. The van der Waals surface area contributed by atoms with Crippen molar-refractivity contribution in [3.8, 4) is 0 Å². The van der Waals surface area contributed by atoms with Crippen LogP contribution in [0.25, 0.3) is 0 Å². The molecule has 0 amide bonds. The van der Waals surface area contributed by atoms with Gasteiger partial charge >= 0.3 is 36.0 Å². The summed E-state index contributed by atoms with van der Waals surface area (Å²) in [7, 11) is 0. The van der Waals surface area contributed by atoms with Crippen molar-refractivity contribution in [2.24, 2.45) is 0 Å². The first-order valence-corrected chi connectivity index (χ1v) is 8.29. The second-order valence-corrected chi connectivity index (χ2v) is 6.57. The van der Waals surface area contributed by atoms with Gasteiger partial charge in [-0.1, -0.05) is 24.3 Å². The number of anilines is 2. The molecule has 2 aromatic rings. The second-order valence-electron chi connectivity index (χ2n) is 6.57. The smallest absolute Gasteiger partial charge is 0.356 e. The lowest BCUT2D eigenvalue weighted by Gasteiger charge is -2.28. The Hall–Kier alpha value is -2.74. The minimum Gasteiger partial charge on any atom is -0.356 e. The van der Waals surface area contributed by atoms with E-state index < -0.39 is 47.2 Å². The van der Waals surface area contributed by atoms with Crippen LogP contribution in [0.2, 0.25) is 0 Å². The highest BCUT2D eigenvalue weighted by Crippen LogP contribution is 2.53. The molecule has 0 bridgehead atoms. The molecule has 0 aliphatic heterocycles. The first-order chi connectivity index (χ1) is 14.7. The van der Waals surface area contributed by atoms with Crippen molar-refractivity contribution in [2.75, 3.05) is 5.32 Å². The van der Waals surface area contributed by atoms with Crippen LogP contribution < -0.4 is 5.32 Å². The third-order valence-corrected chi connectivity index (χ3v) is 4.28. The molecule has 0 atom stereocenters. The average Bonchev–Trinajstić information content (AvgIpc) is 2.67. The zero-order valence-electron chi connectivity index (χ0n) is 15.4. The third kappa shape index (κ3) is 4.53. The van der Waals surface area contributed by atoms with Crippen LogP contribution >= 0.6 is 0 Å². The Morgan fingerprint density at radius 3 is 0.848 bits per heavy atom. The van der Waals surface area contributed by atoms with Gasteiger partial charge in [0.2, 0.25) is 0 Å². The topological polar surface area (TPSA) is 12.0 Å². The molecule has 0 radical (unpaired) electrons. The maximum atomic E-state index is 13.6. The molecule has 0 saturated heterocycles. The van der Waals surface area contributed by atoms with E-state index in [4.69, 9.17) is 0 Å². The molecule has 0 spiro atoms. The first-order valence-electron chi connectivity index (χ1n) is 8.29. The Morgan fingerprint density at radius 2 is 0.636 bits per heavy atom. The van der Waals surface area contributed by atoms with Crippen molar-refractivity contribution in [1.29, 1.82) is 0 Å². The van der Waals surface area contributed by atoms with E-state index in [1.54, 1.807) is 0 Å². The molecule has 0 heterocycles.